The Morgan fingerprint density at radius 1 is 1.22 bits per heavy atom. The van der Waals surface area contributed by atoms with Gasteiger partial charge in [-0.1, -0.05) is 17.7 Å². The molecule has 0 aliphatic carbocycles. The molecule has 120 valence electrons. The Morgan fingerprint density at radius 2 is 2.00 bits per heavy atom. The number of esters is 1. The van der Waals surface area contributed by atoms with Gasteiger partial charge in [-0.15, -0.1) is 11.8 Å². The molecular formula is C17H18N2O3S. The number of hydrogen-bond acceptors (Lipinski definition) is 5. The standard InChI is InChI=1S/C17H18N2O3S/c1-13-4-6-15(7-5-13)23-10-9-19-16(20)12-22-17(21)14-3-2-8-18-11-14/h2-8,11H,9-10,12H2,1H3,(H,19,20). The summed E-state index contributed by atoms with van der Waals surface area (Å²) >= 11 is 1.66. The van der Waals surface area contributed by atoms with Crippen molar-refractivity contribution in [3.8, 4) is 0 Å². The van der Waals surface area contributed by atoms with Crippen LogP contribution in [0.5, 0.6) is 0 Å². The van der Waals surface area contributed by atoms with Gasteiger partial charge >= 0.3 is 5.97 Å². The molecule has 1 amide bonds. The molecule has 0 aliphatic rings. The first-order chi connectivity index (χ1) is 11.1. The van der Waals surface area contributed by atoms with Crippen LogP contribution in [-0.2, 0) is 9.53 Å². The quantitative estimate of drug-likeness (QED) is 0.480. The fourth-order valence-corrected chi connectivity index (χ4v) is 2.51. The van der Waals surface area contributed by atoms with Crippen LogP contribution in [0.2, 0.25) is 0 Å². The van der Waals surface area contributed by atoms with Gasteiger partial charge in [-0.05, 0) is 31.2 Å². The van der Waals surface area contributed by atoms with E-state index in [2.05, 4.69) is 34.6 Å². The Kier molecular flexibility index (Phi) is 6.62. The lowest BCUT2D eigenvalue weighted by Gasteiger charge is -2.06. The molecule has 5 nitrogen and oxygen atoms in total. The maximum atomic E-state index is 11.6. The fourth-order valence-electron chi connectivity index (χ4n) is 1.74. The van der Waals surface area contributed by atoms with Gasteiger partial charge in [0, 0.05) is 29.6 Å². The molecule has 0 saturated carbocycles. The van der Waals surface area contributed by atoms with E-state index in [0.717, 1.165) is 10.6 Å². The van der Waals surface area contributed by atoms with Crippen LogP contribution in [0.4, 0.5) is 0 Å². The second kappa shape index (κ2) is 8.95. The molecule has 0 spiro atoms. The lowest BCUT2D eigenvalue weighted by molar-refractivity contribution is -0.124. The first kappa shape index (κ1) is 17.0. The van der Waals surface area contributed by atoms with Gasteiger partial charge in [0.15, 0.2) is 6.61 Å². The van der Waals surface area contributed by atoms with Crippen molar-refractivity contribution in [1.82, 2.24) is 10.3 Å². The lowest BCUT2D eigenvalue weighted by atomic mass is 10.2. The third kappa shape index (κ3) is 6.12. The van der Waals surface area contributed by atoms with Crippen molar-refractivity contribution in [1.29, 1.82) is 0 Å². The van der Waals surface area contributed by atoms with Crippen molar-refractivity contribution < 1.29 is 14.3 Å². The lowest BCUT2D eigenvalue weighted by Crippen LogP contribution is -2.30. The van der Waals surface area contributed by atoms with Crippen LogP contribution in [0.15, 0.2) is 53.7 Å². The van der Waals surface area contributed by atoms with Crippen molar-refractivity contribution in [3.05, 3.63) is 59.9 Å². The molecule has 6 heteroatoms. The Bertz CT molecular complexity index is 645. The maximum absolute atomic E-state index is 11.6. The van der Waals surface area contributed by atoms with Crippen molar-refractivity contribution in [2.45, 2.75) is 11.8 Å². The number of benzene rings is 1. The number of aryl methyl sites for hydroxylation is 1. The second-order valence-corrected chi connectivity index (χ2v) is 6.00. The van der Waals surface area contributed by atoms with E-state index in [-0.39, 0.29) is 12.5 Å². The third-order valence-corrected chi connectivity index (χ3v) is 3.96. The first-order valence-electron chi connectivity index (χ1n) is 7.18. The van der Waals surface area contributed by atoms with Crippen LogP contribution >= 0.6 is 11.8 Å². The molecule has 0 radical (unpaired) electrons. The number of nitrogens with zero attached hydrogens (tertiary/aromatic N) is 1. The summed E-state index contributed by atoms with van der Waals surface area (Å²) in [6, 6.07) is 11.4. The summed E-state index contributed by atoms with van der Waals surface area (Å²) in [5.74, 6) is -0.111. The number of hydrogen-bond donors (Lipinski definition) is 1. The minimum atomic E-state index is -0.553. The normalized spacial score (nSPS) is 10.1. The number of aromatic nitrogens is 1. The van der Waals surface area contributed by atoms with Crippen LogP contribution < -0.4 is 5.32 Å². The van der Waals surface area contributed by atoms with Crippen LogP contribution in [0.3, 0.4) is 0 Å². The molecule has 1 aromatic heterocycles. The molecule has 1 N–H and O–H groups in total. The van der Waals surface area contributed by atoms with E-state index in [1.54, 1.807) is 30.1 Å². The summed E-state index contributed by atoms with van der Waals surface area (Å²) in [5, 5.41) is 2.72. The summed E-state index contributed by atoms with van der Waals surface area (Å²) < 4.78 is 4.92. The number of pyridine rings is 1. The van der Waals surface area contributed by atoms with E-state index >= 15 is 0 Å². The molecule has 0 atom stereocenters. The predicted octanol–water partition coefficient (Wildman–Crippen LogP) is 2.46. The monoisotopic (exact) mass is 330 g/mol. The number of ether oxygens (including phenoxy) is 1. The fraction of sp³-hybridized carbons (Fsp3) is 0.235. The molecular weight excluding hydrogens is 312 g/mol. The van der Waals surface area contributed by atoms with E-state index in [1.165, 1.54) is 11.8 Å². The van der Waals surface area contributed by atoms with Crippen molar-refractivity contribution in [3.63, 3.8) is 0 Å². The molecule has 2 aromatic rings. The molecule has 0 unspecified atom stereocenters. The molecule has 0 aliphatic heterocycles. The molecule has 0 fully saturated rings. The van der Waals surface area contributed by atoms with Gasteiger partial charge in [-0.25, -0.2) is 4.79 Å². The molecule has 0 saturated heterocycles. The van der Waals surface area contributed by atoms with Crippen molar-refractivity contribution in [2.75, 3.05) is 18.9 Å². The Hall–Kier alpha value is -2.34. The number of thioether (sulfide) groups is 1. The molecule has 2 rings (SSSR count). The number of carbonyl (C=O) groups excluding carboxylic acids is 2. The van der Waals surface area contributed by atoms with E-state index < -0.39 is 5.97 Å². The zero-order valence-corrected chi connectivity index (χ0v) is 13.6. The summed E-state index contributed by atoms with van der Waals surface area (Å²) in [7, 11) is 0. The number of carbonyl (C=O) groups is 2. The maximum Gasteiger partial charge on any atom is 0.340 e. The van der Waals surface area contributed by atoms with Gasteiger partial charge in [0.05, 0.1) is 5.56 Å². The minimum absolute atomic E-state index is 0.289. The largest absolute Gasteiger partial charge is 0.452 e. The zero-order chi connectivity index (χ0) is 16.5. The average Bonchev–Trinajstić information content (AvgIpc) is 2.59. The van der Waals surface area contributed by atoms with Gasteiger partial charge in [0.2, 0.25) is 0 Å². The highest BCUT2D eigenvalue weighted by atomic mass is 32.2. The highest BCUT2D eigenvalue weighted by molar-refractivity contribution is 7.99. The van der Waals surface area contributed by atoms with Gasteiger partial charge in [-0.2, -0.15) is 0 Å². The van der Waals surface area contributed by atoms with Crippen LogP contribution in [-0.4, -0.2) is 35.8 Å². The highest BCUT2D eigenvalue weighted by Crippen LogP contribution is 2.17. The summed E-state index contributed by atoms with van der Waals surface area (Å²) in [6.45, 7) is 2.27. The third-order valence-electron chi connectivity index (χ3n) is 2.95. The molecule has 1 heterocycles. The van der Waals surface area contributed by atoms with Crippen molar-refractivity contribution in [2.24, 2.45) is 0 Å². The van der Waals surface area contributed by atoms with Gasteiger partial charge in [0.1, 0.15) is 0 Å². The Morgan fingerprint density at radius 3 is 2.70 bits per heavy atom. The predicted molar refractivity (Wildman–Crippen MR) is 89.4 cm³/mol. The van der Waals surface area contributed by atoms with E-state index in [1.807, 2.05) is 6.92 Å². The van der Waals surface area contributed by atoms with Crippen molar-refractivity contribution >= 4 is 23.6 Å². The zero-order valence-electron chi connectivity index (χ0n) is 12.8. The van der Waals surface area contributed by atoms with Crippen LogP contribution in [0, 0.1) is 6.92 Å². The minimum Gasteiger partial charge on any atom is -0.452 e. The number of amides is 1. The second-order valence-electron chi connectivity index (χ2n) is 4.83. The summed E-state index contributed by atoms with van der Waals surface area (Å²) in [5.41, 5.74) is 1.55. The van der Waals surface area contributed by atoms with E-state index in [9.17, 15) is 9.59 Å². The van der Waals surface area contributed by atoms with Crippen LogP contribution in [0.1, 0.15) is 15.9 Å². The first-order valence-corrected chi connectivity index (χ1v) is 8.17. The van der Waals surface area contributed by atoms with Gasteiger partial charge in [-0.3, -0.25) is 9.78 Å². The summed E-state index contributed by atoms with van der Waals surface area (Å²) in [4.78, 5) is 28.3. The number of nitrogens with one attached hydrogen (secondary N) is 1. The average molecular weight is 330 g/mol. The van der Waals surface area contributed by atoms with Gasteiger partial charge in [0.25, 0.3) is 5.91 Å². The van der Waals surface area contributed by atoms with E-state index in [0.29, 0.717) is 12.1 Å². The smallest absolute Gasteiger partial charge is 0.340 e. The number of rotatable bonds is 7. The molecule has 23 heavy (non-hydrogen) atoms. The summed E-state index contributed by atoms with van der Waals surface area (Å²) in [6.07, 6.45) is 2.97. The molecule has 0 bridgehead atoms. The Balaban J connectivity index is 1.62. The highest BCUT2D eigenvalue weighted by Gasteiger charge is 2.09. The topological polar surface area (TPSA) is 68.3 Å². The molecule has 1 aromatic carbocycles. The van der Waals surface area contributed by atoms with E-state index in [4.69, 9.17) is 4.74 Å². The Labute approximate surface area is 139 Å². The van der Waals surface area contributed by atoms with Gasteiger partial charge < -0.3 is 10.1 Å². The SMILES string of the molecule is Cc1ccc(SCCNC(=O)COC(=O)c2cccnc2)cc1. The van der Waals surface area contributed by atoms with Crippen LogP contribution in [0.25, 0.3) is 0 Å².